The molecule has 0 fully saturated rings. The maximum Gasteiger partial charge on any atom is 0.416 e. The van der Waals surface area contributed by atoms with Crippen molar-refractivity contribution < 1.29 is 18.0 Å². The maximum absolute atomic E-state index is 12.5. The van der Waals surface area contributed by atoms with Crippen LogP contribution in [-0.4, -0.2) is 11.9 Å². The van der Waals surface area contributed by atoms with Crippen LogP contribution in [0.5, 0.6) is 0 Å². The minimum atomic E-state index is -4.39. The van der Waals surface area contributed by atoms with Gasteiger partial charge in [-0.1, -0.05) is 30.3 Å². The lowest BCUT2D eigenvalue weighted by Gasteiger charge is -2.20. The normalized spacial score (nSPS) is 14.0. The third-order valence-corrected chi connectivity index (χ3v) is 3.67. The fourth-order valence-corrected chi connectivity index (χ4v) is 2.28. The molecule has 0 bridgehead atoms. The average molecular weight is 336 g/mol. The SMILES string of the molecule is C[C@H](N[C@H](C)c1ccccc1)C(=O)Nc1ccc(C(F)(F)F)cc1. The molecule has 0 spiro atoms. The summed E-state index contributed by atoms with van der Waals surface area (Å²) >= 11 is 0. The second-order valence-electron chi connectivity index (χ2n) is 5.59. The van der Waals surface area contributed by atoms with E-state index >= 15 is 0 Å². The van der Waals surface area contributed by atoms with E-state index < -0.39 is 17.8 Å². The molecule has 0 aliphatic carbocycles. The highest BCUT2D eigenvalue weighted by Crippen LogP contribution is 2.29. The smallest absolute Gasteiger partial charge is 0.325 e. The van der Waals surface area contributed by atoms with E-state index in [0.717, 1.165) is 17.7 Å². The molecular formula is C18H19F3N2O. The summed E-state index contributed by atoms with van der Waals surface area (Å²) in [7, 11) is 0. The van der Waals surface area contributed by atoms with Gasteiger partial charge in [0.2, 0.25) is 5.91 Å². The number of hydrogen-bond donors (Lipinski definition) is 2. The Morgan fingerprint density at radius 3 is 2.08 bits per heavy atom. The Morgan fingerprint density at radius 1 is 0.958 bits per heavy atom. The van der Waals surface area contributed by atoms with Crippen molar-refractivity contribution in [2.45, 2.75) is 32.1 Å². The Kier molecular flexibility index (Phi) is 5.62. The number of hydrogen-bond acceptors (Lipinski definition) is 2. The van der Waals surface area contributed by atoms with Crippen LogP contribution in [-0.2, 0) is 11.0 Å². The maximum atomic E-state index is 12.5. The molecule has 1 amide bonds. The molecule has 0 saturated heterocycles. The van der Waals surface area contributed by atoms with Gasteiger partial charge < -0.3 is 5.32 Å². The zero-order chi connectivity index (χ0) is 17.7. The molecule has 2 aromatic carbocycles. The predicted octanol–water partition coefficient (Wildman–Crippen LogP) is 4.38. The van der Waals surface area contributed by atoms with Gasteiger partial charge in [0.1, 0.15) is 0 Å². The summed E-state index contributed by atoms with van der Waals surface area (Å²) in [4.78, 5) is 12.2. The number of benzene rings is 2. The van der Waals surface area contributed by atoms with Crippen molar-refractivity contribution in [3.05, 3.63) is 65.7 Å². The van der Waals surface area contributed by atoms with Crippen LogP contribution in [0.1, 0.15) is 31.0 Å². The van der Waals surface area contributed by atoms with Gasteiger partial charge in [-0.15, -0.1) is 0 Å². The first-order chi connectivity index (χ1) is 11.3. The van der Waals surface area contributed by atoms with Gasteiger partial charge in [-0.3, -0.25) is 10.1 Å². The van der Waals surface area contributed by atoms with Crippen LogP contribution in [0.15, 0.2) is 54.6 Å². The largest absolute Gasteiger partial charge is 0.416 e. The molecule has 24 heavy (non-hydrogen) atoms. The van der Waals surface area contributed by atoms with Crippen molar-refractivity contribution in [2.24, 2.45) is 0 Å². The van der Waals surface area contributed by atoms with Gasteiger partial charge >= 0.3 is 6.18 Å². The van der Waals surface area contributed by atoms with Crippen LogP contribution in [0, 0.1) is 0 Å². The molecule has 2 N–H and O–H groups in total. The lowest BCUT2D eigenvalue weighted by Crippen LogP contribution is -2.39. The Hall–Kier alpha value is -2.34. The molecule has 0 aliphatic rings. The highest BCUT2D eigenvalue weighted by molar-refractivity contribution is 5.94. The van der Waals surface area contributed by atoms with E-state index in [1.807, 2.05) is 37.3 Å². The summed E-state index contributed by atoms with van der Waals surface area (Å²) in [5.74, 6) is -0.308. The Bertz CT molecular complexity index is 669. The van der Waals surface area contributed by atoms with Crippen molar-refractivity contribution >= 4 is 11.6 Å². The molecular weight excluding hydrogens is 317 g/mol. The average Bonchev–Trinajstić information content (AvgIpc) is 2.55. The number of carbonyl (C=O) groups excluding carboxylic acids is 1. The number of rotatable bonds is 5. The Morgan fingerprint density at radius 2 is 1.54 bits per heavy atom. The first-order valence-electron chi connectivity index (χ1n) is 7.56. The molecule has 2 rings (SSSR count). The van der Waals surface area contributed by atoms with E-state index in [1.165, 1.54) is 12.1 Å². The standard InChI is InChI=1S/C18H19F3N2O/c1-12(14-6-4-3-5-7-14)22-13(2)17(24)23-16-10-8-15(9-11-16)18(19,20)21/h3-13,22H,1-2H3,(H,23,24)/t12-,13+/m1/s1. The minimum Gasteiger partial charge on any atom is -0.325 e. The minimum absolute atomic E-state index is 0.0282. The summed E-state index contributed by atoms with van der Waals surface area (Å²) in [6, 6.07) is 13.5. The van der Waals surface area contributed by atoms with Gasteiger partial charge in [0, 0.05) is 11.7 Å². The number of nitrogens with one attached hydrogen (secondary N) is 2. The number of carbonyl (C=O) groups is 1. The summed E-state index contributed by atoms with van der Waals surface area (Å²) in [5.41, 5.74) is 0.630. The number of halogens is 3. The topological polar surface area (TPSA) is 41.1 Å². The Labute approximate surface area is 138 Å². The van der Waals surface area contributed by atoms with E-state index in [-0.39, 0.29) is 11.9 Å². The molecule has 3 nitrogen and oxygen atoms in total. The van der Waals surface area contributed by atoms with Crippen molar-refractivity contribution in [2.75, 3.05) is 5.32 Å². The van der Waals surface area contributed by atoms with Gasteiger partial charge in [-0.05, 0) is 43.7 Å². The van der Waals surface area contributed by atoms with Crippen molar-refractivity contribution in [3.63, 3.8) is 0 Å². The number of alkyl halides is 3. The summed E-state index contributed by atoms with van der Waals surface area (Å²) < 4.78 is 37.6. The molecule has 0 aliphatic heterocycles. The fourth-order valence-electron chi connectivity index (χ4n) is 2.28. The summed E-state index contributed by atoms with van der Waals surface area (Å²) in [6.07, 6.45) is -4.39. The quantitative estimate of drug-likeness (QED) is 0.850. The first kappa shape index (κ1) is 18.0. The van der Waals surface area contributed by atoms with Crippen LogP contribution in [0.3, 0.4) is 0 Å². The van der Waals surface area contributed by atoms with E-state index in [9.17, 15) is 18.0 Å². The Balaban J connectivity index is 1.94. The van der Waals surface area contributed by atoms with E-state index in [4.69, 9.17) is 0 Å². The monoisotopic (exact) mass is 336 g/mol. The third kappa shape index (κ3) is 4.83. The molecule has 0 aromatic heterocycles. The molecule has 0 radical (unpaired) electrons. The second kappa shape index (κ2) is 7.49. The van der Waals surface area contributed by atoms with Crippen molar-refractivity contribution in [3.8, 4) is 0 Å². The van der Waals surface area contributed by atoms with E-state index in [2.05, 4.69) is 10.6 Å². The predicted molar refractivity (Wildman–Crippen MR) is 87.5 cm³/mol. The van der Waals surface area contributed by atoms with Crippen molar-refractivity contribution in [1.29, 1.82) is 0 Å². The van der Waals surface area contributed by atoms with E-state index in [0.29, 0.717) is 5.69 Å². The van der Waals surface area contributed by atoms with Crippen LogP contribution >= 0.6 is 0 Å². The van der Waals surface area contributed by atoms with Crippen LogP contribution in [0.4, 0.5) is 18.9 Å². The highest BCUT2D eigenvalue weighted by atomic mass is 19.4. The summed E-state index contributed by atoms with van der Waals surface area (Å²) in [6.45, 7) is 3.65. The molecule has 2 aromatic rings. The van der Waals surface area contributed by atoms with Crippen LogP contribution in [0.2, 0.25) is 0 Å². The molecule has 6 heteroatoms. The van der Waals surface area contributed by atoms with Gasteiger partial charge in [0.25, 0.3) is 0 Å². The van der Waals surface area contributed by atoms with Gasteiger partial charge in [-0.2, -0.15) is 13.2 Å². The molecule has 0 saturated carbocycles. The lowest BCUT2D eigenvalue weighted by molar-refractivity contribution is -0.137. The van der Waals surface area contributed by atoms with Crippen LogP contribution in [0.25, 0.3) is 0 Å². The second-order valence-corrected chi connectivity index (χ2v) is 5.59. The number of amides is 1. The fraction of sp³-hybridized carbons (Fsp3) is 0.278. The van der Waals surface area contributed by atoms with Crippen molar-refractivity contribution in [1.82, 2.24) is 5.32 Å². The summed E-state index contributed by atoms with van der Waals surface area (Å²) in [5, 5.41) is 5.77. The first-order valence-corrected chi connectivity index (χ1v) is 7.56. The molecule has 0 heterocycles. The lowest BCUT2D eigenvalue weighted by atomic mass is 10.1. The zero-order valence-electron chi connectivity index (χ0n) is 13.4. The zero-order valence-corrected chi connectivity index (χ0v) is 13.4. The highest BCUT2D eigenvalue weighted by Gasteiger charge is 2.30. The van der Waals surface area contributed by atoms with Crippen LogP contribution < -0.4 is 10.6 Å². The molecule has 0 unspecified atom stereocenters. The third-order valence-electron chi connectivity index (χ3n) is 3.67. The van der Waals surface area contributed by atoms with Gasteiger partial charge in [0.15, 0.2) is 0 Å². The van der Waals surface area contributed by atoms with E-state index in [1.54, 1.807) is 6.92 Å². The van der Waals surface area contributed by atoms with Gasteiger partial charge in [0.05, 0.1) is 11.6 Å². The number of anilines is 1. The molecule has 2 atom stereocenters. The molecule has 128 valence electrons. The van der Waals surface area contributed by atoms with Gasteiger partial charge in [-0.25, -0.2) is 0 Å².